The lowest BCUT2D eigenvalue weighted by Crippen LogP contribution is -2.42. The average molecular weight is 424 g/mol. The fourth-order valence-corrected chi connectivity index (χ4v) is 3.81. The monoisotopic (exact) mass is 424 g/mol. The Morgan fingerprint density at radius 2 is 2.03 bits per heavy atom. The summed E-state index contributed by atoms with van der Waals surface area (Å²) in [6, 6.07) is 18.7. The van der Waals surface area contributed by atoms with Crippen molar-refractivity contribution in [1.29, 1.82) is 5.26 Å². The van der Waals surface area contributed by atoms with Crippen LogP contribution in [0.3, 0.4) is 0 Å². The number of carbonyl (C=O) groups is 1. The summed E-state index contributed by atoms with van der Waals surface area (Å²) in [4.78, 5) is 12.8. The Balaban J connectivity index is 1.23. The summed E-state index contributed by atoms with van der Waals surface area (Å²) in [5, 5.41) is 16.5. The molecule has 0 bridgehead atoms. The third kappa shape index (κ3) is 4.14. The standard InChI is InChI=1S/C25H20N4O3/c26-15-18-7-9-23-19(12-18)13-20(16-31-23)27-25(30)22-14-24-29(28-22)11-10-21(32-24)8-6-17-4-2-1-3-5-17/h1-5,7,9,12,14,20-21H,10-11,13,16H2,(H,27,30)/t20-,21?/m1/s1. The lowest BCUT2D eigenvalue weighted by molar-refractivity contribution is 0.0909. The van der Waals surface area contributed by atoms with Crippen LogP contribution in [0.1, 0.15) is 33.6 Å². The highest BCUT2D eigenvalue weighted by Gasteiger charge is 2.26. The lowest BCUT2D eigenvalue weighted by Gasteiger charge is -2.25. The van der Waals surface area contributed by atoms with Gasteiger partial charge in [0.25, 0.3) is 5.91 Å². The van der Waals surface area contributed by atoms with Gasteiger partial charge >= 0.3 is 0 Å². The summed E-state index contributed by atoms with van der Waals surface area (Å²) in [5.74, 6) is 7.29. The number of ether oxygens (including phenoxy) is 2. The van der Waals surface area contributed by atoms with Gasteiger partial charge in [-0.15, -0.1) is 0 Å². The molecule has 5 rings (SSSR count). The number of aryl methyl sites for hydroxylation is 1. The van der Waals surface area contributed by atoms with Crippen LogP contribution in [0.2, 0.25) is 0 Å². The van der Waals surface area contributed by atoms with Crippen LogP contribution in [0, 0.1) is 23.2 Å². The highest BCUT2D eigenvalue weighted by molar-refractivity contribution is 5.92. The number of carbonyl (C=O) groups excluding carboxylic acids is 1. The van der Waals surface area contributed by atoms with E-state index in [4.69, 9.17) is 14.7 Å². The van der Waals surface area contributed by atoms with Gasteiger partial charge in [-0.1, -0.05) is 30.0 Å². The number of amides is 1. The van der Waals surface area contributed by atoms with E-state index in [1.54, 1.807) is 28.9 Å². The highest BCUT2D eigenvalue weighted by Crippen LogP contribution is 2.26. The Kier molecular flexibility index (Phi) is 5.23. The van der Waals surface area contributed by atoms with Gasteiger partial charge in [0.15, 0.2) is 11.8 Å². The number of fused-ring (bicyclic) bond motifs is 2. The fraction of sp³-hybridized carbons (Fsp3) is 0.240. The first-order valence-corrected chi connectivity index (χ1v) is 10.5. The van der Waals surface area contributed by atoms with E-state index in [0.29, 0.717) is 43.1 Å². The molecule has 2 aliphatic heterocycles. The molecular formula is C25H20N4O3. The Labute approximate surface area is 185 Å². The predicted molar refractivity (Wildman–Crippen MR) is 116 cm³/mol. The molecule has 0 aliphatic carbocycles. The molecule has 0 radical (unpaired) electrons. The molecule has 158 valence electrons. The number of rotatable bonds is 2. The fourth-order valence-electron chi connectivity index (χ4n) is 3.81. The molecule has 1 aromatic heterocycles. The van der Waals surface area contributed by atoms with E-state index in [1.807, 2.05) is 30.3 Å². The minimum Gasteiger partial charge on any atom is -0.491 e. The summed E-state index contributed by atoms with van der Waals surface area (Å²) < 4.78 is 13.4. The predicted octanol–water partition coefficient (Wildman–Crippen LogP) is 2.69. The molecule has 1 amide bonds. The molecule has 1 N–H and O–H groups in total. The number of nitrogens with zero attached hydrogens (tertiary/aromatic N) is 3. The van der Waals surface area contributed by atoms with Crippen molar-refractivity contribution in [3.8, 4) is 29.5 Å². The number of benzene rings is 2. The second kappa shape index (κ2) is 8.49. The normalized spacial score (nSPS) is 18.5. The minimum atomic E-state index is -0.282. The Morgan fingerprint density at radius 3 is 2.88 bits per heavy atom. The molecule has 1 unspecified atom stereocenters. The molecule has 0 spiro atoms. The smallest absolute Gasteiger partial charge is 0.272 e. The van der Waals surface area contributed by atoms with E-state index in [9.17, 15) is 4.79 Å². The molecule has 32 heavy (non-hydrogen) atoms. The zero-order valence-corrected chi connectivity index (χ0v) is 17.2. The Morgan fingerprint density at radius 1 is 1.16 bits per heavy atom. The van der Waals surface area contributed by atoms with Gasteiger partial charge in [0.05, 0.1) is 17.7 Å². The van der Waals surface area contributed by atoms with E-state index >= 15 is 0 Å². The topological polar surface area (TPSA) is 89.2 Å². The van der Waals surface area contributed by atoms with Crippen molar-refractivity contribution in [1.82, 2.24) is 15.1 Å². The summed E-state index contributed by atoms with van der Waals surface area (Å²) >= 11 is 0. The molecule has 0 saturated heterocycles. The molecule has 2 aliphatic rings. The summed E-state index contributed by atoms with van der Waals surface area (Å²) in [6.45, 7) is 0.999. The first-order chi connectivity index (χ1) is 15.7. The number of nitriles is 1. The van der Waals surface area contributed by atoms with Crippen molar-refractivity contribution >= 4 is 5.91 Å². The van der Waals surface area contributed by atoms with Gasteiger partial charge in [0, 0.05) is 24.6 Å². The van der Waals surface area contributed by atoms with Crippen molar-refractivity contribution < 1.29 is 14.3 Å². The average Bonchev–Trinajstić information content (AvgIpc) is 3.26. The summed E-state index contributed by atoms with van der Waals surface area (Å²) in [7, 11) is 0. The molecule has 7 nitrogen and oxygen atoms in total. The van der Waals surface area contributed by atoms with Gasteiger partial charge in [0.1, 0.15) is 12.4 Å². The van der Waals surface area contributed by atoms with Crippen LogP contribution in [-0.4, -0.2) is 34.4 Å². The molecule has 7 heteroatoms. The van der Waals surface area contributed by atoms with Crippen LogP contribution in [0.5, 0.6) is 11.6 Å². The molecule has 2 aromatic carbocycles. The zero-order chi connectivity index (χ0) is 21.9. The number of hydrogen-bond donors (Lipinski definition) is 1. The largest absolute Gasteiger partial charge is 0.491 e. The van der Waals surface area contributed by atoms with Crippen LogP contribution in [0.4, 0.5) is 0 Å². The summed E-state index contributed by atoms with van der Waals surface area (Å²) in [5.41, 5.74) is 2.72. The number of hydrogen-bond acceptors (Lipinski definition) is 5. The van der Waals surface area contributed by atoms with Crippen LogP contribution < -0.4 is 14.8 Å². The van der Waals surface area contributed by atoms with Crippen LogP contribution in [-0.2, 0) is 13.0 Å². The Bertz CT molecular complexity index is 1260. The molecule has 2 atom stereocenters. The van der Waals surface area contributed by atoms with Gasteiger partial charge in [-0.3, -0.25) is 4.79 Å². The zero-order valence-electron chi connectivity index (χ0n) is 17.2. The quantitative estimate of drug-likeness (QED) is 0.639. The van der Waals surface area contributed by atoms with Crippen molar-refractivity contribution in [3.63, 3.8) is 0 Å². The minimum absolute atomic E-state index is 0.201. The highest BCUT2D eigenvalue weighted by atomic mass is 16.5. The van der Waals surface area contributed by atoms with Gasteiger partial charge < -0.3 is 14.8 Å². The van der Waals surface area contributed by atoms with E-state index < -0.39 is 0 Å². The van der Waals surface area contributed by atoms with Crippen LogP contribution in [0.15, 0.2) is 54.6 Å². The van der Waals surface area contributed by atoms with Crippen LogP contribution >= 0.6 is 0 Å². The molecule has 3 heterocycles. The lowest BCUT2D eigenvalue weighted by atomic mass is 10.0. The Hall–Kier alpha value is -4.23. The maximum absolute atomic E-state index is 12.8. The van der Waals surface area contributed by atoms with E-state index in [-0.39, 0.29) is 18.1 Å². The van der Waals surface area contributed by atoms with Crippen molar-refractivity contribution in [2.45, 2.75) is 31.5 Å². The van der Waals surface area contributed by atoms with E-state index in [2.05, 4.69) is 28.3 Å². The molecular weight excluding hydrogens is 404 g/mol. The number of nitrogens with one attached hydrogen (secondary N) is 1. The van der Waals surface area contributed by atoms with Crippen molar-refractivity contribution in [2.75, 3.05) is 6.61 Å². The third-order valence-corrected chi connectivity index (χ3v) is 5.42. The maximum atomic E-state index is 12.8. The van der Waals surface area contributed by atoms with Crippen molar-refractivity contribution in [3.05, 3.63) is 77.0 Å². The maximum Gasteiger partial charge on any atom is 0.272 e. The SMILES string of the molecule is N#Cc1ccc2c(c1)C[C@@H](NC(=O)c1cc3n(n1)CCC(C#Cc1ccccc1)O3)CO2. The van der Waals surface area contributed by atoms with Gasteiger partial charge in [-0.2, -0.15) is 10.4 Å². The van der Waals surface area contributed by atoms with Gasteiger partial charge in [-0.25, -0.2) is 4.68 Å². The third-order valence-electron chi connectivity index (χ3n) is 5.42. The second-order valence-corrected chi connectivity index (χ2v) is 7.74. The van der Waals surface area contributed by atoms with E-state index in [0.717, 1.165) is 16.9 Å². The first kappa shape index (κ1) is 19.7. The van der Waals surface area contributed by atoms with Crippen LogP contribution in [0.25, 0.3) is 0 Å². The second-order valence-electron chi connectivity index (χ2n) is 7.74. The summed E-state index contributed by atoms with van der Waals surface area (Å²) in [6.07, 6.45) is 1.05. The van der Waals surface area contributed by atoms with Gasteiger partial charge in [0.2, 0.25) is 5.88 Å². The van der Waals surface area contributed by atoms with Gasteiger partial charge in [-0.05, 0) is 42.3 Å². The first-order valence-electron chi connectivity index (χ1n) is 10.5. The molecule has 0 fully saturated rings. The number of aromatic nitrogens is 2. The van der Waals surface area contributed by atoms with Crippen molar-refractivity contribution in [2.24, 2.45) is 0 Å². The molecule has 0 saturated carbocycles. The van der Waals surface area contributed by atoms with E-state index in [1.165, 1.54) is 0 Å². The molecule has 3 aromatic rings.